The maximum Gasteiger partial charge on any atom is 0.214 e. The highest BCUT2D eigenvalue weighted by Gasteiger charge is 2.23. The lowest BCUT2D eigenvalue weighted by atomic mass is 9.95. The third-order valence-corrected chi connectivity index (χ3v) is 4.81. The Morgan fingerprint density at radius 3 is 2.71 bits per heavy atom. The summed E-state index contributed by atoms with van der Waals surface area (Å²) in [7, 11) is 0. The molecule has 1 atom stereocenters. The molecule has 0 amide bonds. The molecule has 1 aromatic heterocycles. The number of hydrogen-bond acceptors (Lipinski definition) is 4. The minimum atomic E-state index is 0.460. The van der Waals surface area contributed by atoms with Crippen LogP contribution in [0.1, 0.15) is 36.9 Å². The van der Waals surface area contributed by atoms with E-state index in [1.165, 1.54) is 5.56 Å². The molecule has 124 valence electrons. The van der Waals surface area contributed by atoms with E-state index < -0.39 is 0 Å². The van der Waals surface area contributed by atoms with Gasteiger partial charge in [-0.2, -0.15) is 5.26 Å². The van der Waals surface area contributed by atoms with Crippen LogP contribution in [-0.2, 0) is 0 Å². The lowest BCUT2D eigenvalue weighted by Gasteiger charge is -2.36. The molecule has 1 aliphatic rings. The molecule has 0 N–H and O–H groups in total. The van der Waals surface area contributed by atoms with Gasteiger partial charge in [-0.25, -0.2) is 4.98 Å². The summed E-state index contributed by atoms with van der Waals surface area (Å²) < 4.78 is 5.79. The fraction of sp³-hybridized carbons (Fsp3) is 0.400. The van der Waals surface area contributed by atoms with Gasteiger partial charge >= 0.3 is 0 Å². The van der Waals surface area contributed by atoms with Crippen molar-refractivity contribution in [3.05, 3.63) is 59.8 Å². The Balaban J connectivity index is 1.48. The molecule has 1 aliphatic heterocycles. The number of nitrogens with zero attached hydrogens (tertiary/aromatic N) is 3. The number of pyridine rings is 1. The monoisotopic (exact) mass is 321 g/mol. The van der Waals surface area contributed by atoms with Crippen molar-refractivity contribution in [1.82, 2.24) is 9.88 Å². The summed E-state index contributed by atoms with van der Waals surface area (Å²) in [5.41, 5.74) is 1.97. The van der Waals surface area contributed by atoms with E-state index in [1.807, 2.05) is 0 Å². The smallest absolute Gasteiger partial charge is 0.214 e. The molecule has 1 unspecified atom stereocenters. The summed E-state index contributed by atoms with van der Waals surface area (Å²) >= 11 is 0. The molecule has 4 nitrogen and oxygen atoms in total. The van der Waals surface area contributed by atoms with E-state index in [0.717, 1.165) is 25.9 Å². The van der Waals surface area contributed by atoms with Crippen molar-refractivity contribution in [1.29, 1.82) is 5.26 Å². The average molecular weight is 321 g/mol. The lowest BCUT2D eigenvalue weighted by Crippen LogP contribution is -2.37. The number of piperidine rings is 1. The molecule has 0 spiro atoms. The van der Waals surface area contributed by atoms with Gasteiger partial charge < -0.3 is 4.74 Å². The molecule has 1 fully saturated rings. The molecule has 1 aromatic carbocycles. The first kappa shape index (κ1) is 16.5. The number of nitriles is 1. The van der Waals surface area contributed by atoms with Crippen LogP contribution >= 0.6 is 0 Å². The summed E-state index contributed by atoms with van der Waals surface area (Å²) in [5, 5.41) is 8.92. The number of rotatable bonds is 5. The first-order valence-corrected chi connectivity index (χ1v) is 8.54. The molecule has 4 heteroatoms. The summed E-state index contributed by atoms with van der Waals surface area (Å²) in [6.45, 7) is 5.14. The molecule has 3 rings (SSSR count). The fourth-order valence-electron chi connectivity index (χ4n) is 3.21. The standard InChI is InChI=1S/C20H23N3O/c1-16(19-5-3-2-4-6-19)23-11-8-17(9-12-23)15-24-20-13-18(14-21)7-10-22-20/h2-7,10,13,16-17H,8-9,11-12,15H2,1H3. The maximum atomic E-state index is 8.92. The Labute approximate surface area is 143 Å². The number of ether oxygens (including phenoxy) is 1. The van der Waals surface area contributed by atoms with Crippen molar-refractivity contribution in [2.45, 2.75) is 25.8 Å². The molecule has 0 aliphatic carbocycles. The molecule has 2 heterocycles. The minimum absolute atomic E-state index is 0.460. The zero-order valence-corrected chi connectivity index (χ0v) is 14.1. The van der Waals surface area contributed by atoms with Gasteiger partial charge in [-0.1, -0.05) is 30.3 Å². The third kappa shape index (κ3) is 4.12. The van der Waals surface area contributed by atoms with Crippen LogP contribution in [0.2, 0.25) is 0 Å². The number of benzene rings is 1. The second kappa shape index (κ2) is 7.94. The summed E-state index contributed by atoms with van der Waals surface area (Å²) in [6, 6.07) is 16.6. The van der Waals surface area contributed by atoms with Gasteiger partial charge in [0, 0.05) is 18.3 Å². The van der Waals surface area contributed by atoms with Crippen molar-refractivity contribution in [2.75, 3.05) is 19.7 Å². The minimum Gasteiger partial charge on any atom is -0.477 e. The molecule has 2 aromatic rings. The van der Waals surface area contributed by atoms with Crippen LogP contribution in [-0.4, -0.2) is 29.6 Å². The Bertz CT molecular complexity index is 688. The van der Waals surface area contributed by atoms with Gasteiger partial charge in [0.2, 0.25) is 5.88 Å². The first-order chi connectivity index (χ1) is 11.8. The fourth-order valence-corrected chi connectivity index (χ4v) is 3.21. The van der Waals surface area contributed by atoms with Gasteiger partial charge in [0.05, 0.1) is 18.2 Å². The Morgan fingerprint density at radius 1 is 1.25 bits per heavy atom. The van der Waals surface area contributed by atoms with Crippen molar-refractivity contribution in [3.8, 4) is 11.9 Å². The summed E-state index contributed by atoms with van der Waals surface area (Å²) in [6.07, 6.45) is 3.89. The molecule has 1 saturated heterocycles. The number of aromatic nitrogens is 1. The van der Waals surface area contributed by atoms with Crippen LogP contribution in [0, 0.1) is 17.2 Å². The number of hydrogen-bond donors (Lipinski definition) is 0. The van der Waals surface area contributed by atoms with Gasteiger partial charge in [0.25, 0.3) is 0 Å². The highest BCUT2D eigenvalue weighted by atomic mass is 16.5. The average Bonchev–Trinajstić information content (AvgIpc) is 2.67. The van der Waals surface area contributed by atoms with Crippen LogP contribution in [0.3, 0.4) is 0 Å². The zero-order chi connectivity index (χ0) is 16.8. The molecular weight excluding hydrogens is 298 g/mol. The van der Waals surface area contributed by atoms with Crippen molar-refractivity contribution in [2.24, 2.45) is 5.92 Å². The lowest BCUT2D eigenvalue weighted by molar-refractivity contribution is 0.111. The molecule has 0 radical (unpaired) electrons. The van der Waals surface area contributed by atoms with Crippen molar-refractivity contribution >= 4 is 0 Å². The van der Waals surface area contributed by atoms with E-state index in [2.05, 4.69) is 53.2 Å². The van der Waals surface area contributed by atoms with Crippen LogP contribution in [0.25, 0.3) is 0 Å². The molecule has 24 heavy (non-hydrogen) atoms. The zero-order valence-electron chi connectivity index (χ0n) is 14.1. The largest absolute Gasteiger partial charge is 0.477 e. The predicted molar refractivity (Wildman–Crippen MR) is 93.6 cm³/mol. The van der Waals surface area contributed by atoms with E-state index in [-0.39, 0.29) is 0 Å². The van der Waals surface area contributed by atoms with Crippen LogP contribution < -0.4 is 4.74 Å². The van der Waals surface area contributed by atoms with Crippen LogP contribution in [0.5, 0.6) is 5.88 Å². The Morgan fingerprint density at radius 2 is 2.00 bits per heavy atom. The highest BCUT2D eigenvalue weighted by Crippen LogP contribution is 2.26. The molecular formula is C20H23N3O. The van der Waals surface area contributed by atoms with E-state index in [1.54, 1.807) is 18.3 Å². The molecule has 0 bridgehead atoms. The van der Waals surface area contributed by atoms with Gasteiger partial charge in [-0.3, -0.25) is 4.90 Å². The Hall–Kier alpha value is -2.38. The van der Waals surface area contributed by atoms with E-state index in [0.29, 0.717) is 30.0 Å². The molecule has 0 saturated carbocycles. The SMILES string of the molecule is CC(c1ccccc1)N1CCC(COc2cc(C#N)ccn2)CC1. The summed E-state index contributed by atoms with van der Waals surface area (Å²) in [4.78, 5) is 6.71. The second-order valence-electron chi connectivity index (χ2n) is 6.37. The number of likely N-dealkylation sites (tertiary alicyclic amines) is 1. The van der Waals surface area contributed by atoms with Crippen molar-refractivity contribution < 1.29 is 4.74 Å². The quantitative estimate of drug-likeness (QED) is 0.840. The maximum absolute atomic E-state index is 8.92. The van der Waals surface area contributed by atoms with Gasteiger partial charge in [0.1, 0.15) is 0 Å². The van der Waals surface area contributed by atoms with E-state index in [9.17, 15) is 0 Å². The van der Waals surface area contributed by atoms with Gasteiger partial charge in [0.15, 0.2) is 0 Å². The predicted octanol–water partition coefficient (Wildman–Crippen LogP) is 3.81. The van der Waals surface area contributed by atoms with Gasteiger partial charge in [-0.15, -0.1) is 0 Å². The first-order valence-electron chi connectivity index (χ1n) is 8.54. The van der Waals surface area contributed by atoms with Crippen LogP contribution in [0.4, 0.5) is 0 Å². The van der Waals surface area contributed by atoms with E-state index >= 15 is 0 Å². The van der Waals surface area contributed by atoms with Crippen molar-refractivity contribution in [3.63, 3.8) is 0 Å². The highest BCUT2D eigenvalue weighted by molar-refractivity contribution is 5.31. The third-order valence-electron chi connectivity index (χ3n) is 4.81. The summed E-state index contributed by atoms with van der Waals surface area (Å²) in [5.74, 6) is 1.10. The van der Waals surface area contributed by atoms with Crippen LogP contribution in [0.15, 0.2) is 48.7 Å². The Kier molecular flexibility index (Phi) is 5.45. The van der Waals surface area contributed by atoms with E-state index in [4.69, 9.17) is 10.00 Å². The normalized spacial score (nSPS) is 17.2. The van der Waals surface area contributed by atoms with Gasteiger partial charge in [-0.05, 0) is 50.4 Å². The topological polar surface area (TPSA) is 49.1 Å². The second-order valence-corrected chi connectivity index (χ2v) is 6.37.